The number of benzene rings is 1. The van der Waals surface area contributed by atoms with E-state index < -0.39 is 0 Å². The van der Waals surface area contributed by atoms with Crippen LogP contribution < -0.4 is 10.2 Å². The molecule has 2 rings (SSSR count). The van der Waals surface area contributed by atoms with Gasteiger partial charge in [0.25, 0.3) is 0 Å². The van der Waals surface area contributed by atoms with Gasteiger partial charge >= 0.3 is 0 Å². The second-order valence-corrected chi connectivity index (χ2v) is 5.11. The second-order valence-electron chi connectivity index (χ2n) is 5.11. The Morgan fingerprint density at radius 3 is 2.83 bits per heavy atom. The van der Waals surface area contributed by atoms with Crippen molar-refractivity contribution >= 4 is 5.69 Å². The highest BCUT2D eigenvalue weighted by Gasteiger charge is 2.29. The maximum absolute atomic E-state index is 13.3. The first kappa shape index (κ1) is 13.3. The zero-order valence-corrected chi connectivity index (χ0v) is 11.4. The molecule has 1 fully saturated rings. The topological polar surface area (TPSA) is 18.5 Å². The normalized spacial score (nSPS) is 25.4. The number of likely N-dealkylation sites (N-methyl/N-ethyl adjacent to an activating group) is 2. The largest absolute Gasteiger partial charge is 0.368 e. The zero-order chi connectivity index (χ0) is 13.1. The quantitative estimate of drug-likeness (QED) is 0.879. The molecule has 0 radical (unpaired) electrons. The first-order chi connectivity index (χ1) is 8.61. The molecule has 100 valence electrons. The molecule has 2 unspecified atom stereocenters. The third-order valence-electron chi connectivity index (χ3n) is 3.80. The van der Waals surface area contributed by atoms with Crippen molar-refractivity contribution in [2.24, 2.45) is 0 Å². The fourth-order valence-electron chi connectivity index (χ4n) is 2.59. The van der Waals surface area contributed by atoms with E-state index in [0.717, 1.165) is 25.3 Å². The summed E-state index contributed by atoms with van der Waals surface area (Å²) in [5.74, 6) is -0.163. The van der Waals surface area contributed by atoms with Crippen LogP contribution in [0, 0.1) is 5.82 Å². The number of halogens is 1. The van der Waals surface area contributed by atoms with Crippen LogP contribution in [0.1, 0.15) is 6.92 Å². The van der Waals surface area contributed by atoms with Crippen LogP contribution >= 0.6 is 0 Å². The SMILES string of the molecule is CNCC1CN(c2cccc(F)c2)CC(C)N1C. The van der Waals surface area contributed by atoms with E-state index in [1.165, 1.54) is 6.07 Å². The number of rotatable bonds is 3. The molecule has 1 aliphatic rings. The number of nitrogens with one attached hydrogen (secondary N) is 1. The Balaban J connectivity index is 2.14. The van der Waals surface area contributed by atoms with Gasteiger partial charge in [0.1, 0.15) is 5.82 Å². The molecule has 1 aromatic rings. The van der Waals surface area contributed by atoms with Crippen molar-refractivity contribution in [1.82, 2.24) is 10.2 Å². The minimum absolute atomic E-state index is 0.163. The van der Waals surface area contributed by atoms with Crippen molar-refractivity contribution in [3.63, 3.8) is 0 Å². The van der Waals surface area contributed by atoms with Gasteiger partial charge in [0.05, 0.1) is 0 Å². The summed E-state index contributed by atoms with van der Waals surface area (Å²) in [5.41, 5.74) is 0.982. The van der Waals surface area contributed by atoms with Crippen molar-refractivity contribution in [2.45, 2.75) is 19.0 Å². The van der Waals surface area contributed by atoms with Crippen LogP contribution in [0.4, 0.5) is 10.1 Å². The average Bonchev–Trinajstić information content (AvgIpc) is 2.35. The molecule has 0 aliphatic carbocycles. The van der Waals surface area contributed by atoms with Gasteiger partial charge in [-0.15, -0.1) is 0 Å². The van der Waals surface area contributed by atoms with E-state index in [9.17, 15) is 4.39 Å². The molecular weight excluding hydrogens is 229 g/mol. The van der Waals surface area contributed by atoms with Crippen molar-refractivity contribution in [1.29, 1.82) is 0 Å². The van der Waals surface area contributed by atoms with Gasteiger partial charge in [-0.1, -0.05) is 6.07 Å². The van der Waals surface area contributed by atoms with Crippen molar-refractivity contribution < 1.29 is 4.39 Å². The summed E-state index contributed by atoms with van der Waals surface area (Å²) < 4.78 is 13.3. The van der Waals surface area contributed by atoms with Gasteiger partial charge in [-0.25, -0.2) is 4.39 Å². The summed E-state index contributed by atoms with van der Waals surface area (Å²) in [5, 5.41) is 3.23. The minimum atomic E-state index is -0.163. The molecule has 2 atom stereocenters. The van der Waals surface area contributed by atoms with Crippen molar-refractivity contribution in [3.8, 4) is 0 Å². The summed E-state index contributed by atoms with van der Waals surface area (Å²) in [6.07, 6.45) is 0. The third kappa shape index (κ3) is 2.82. The van der Waals surface area contributed by atoms with Gasteiger partial charge in [-0.05, 0) is 39.2 Å². The van der Waals surface area contributed by atoms with Crippen LogP contribution in [0.5, 0.6) is 0 Å². The number of anilines is 1. The van der Waals surface area contributed by atoms with Crippen molar-refractivity contribution in [3.05, 3.63) is 30.1 Å². The molecule has 0 spiro atoms. The Morgan fingerprint density at radius 2 is 2.17 bits per heavy atom. The smallest absolute Gasteiger partial charge is 0.125 e. The average molecular weight is 251 g/mol. The third-order valence-corrected chi connectivity index (χ3v) is 3.80. The lowest BCUT2D eigenvalue weighted by Crippen LogP contribution is -2.58. The van der Waals surface area contributed by atoms with E-state index in [2.05, 4.69) is 29.1 Å². The van der Waals surface area contributed by atoms with Gasteiger partial charge in [0.15, 0.2) is 0 Å². The molecule has 0 amide bonds. The van der Waals surface area contributed by atoms with Gasteiger partial charge in [-0.2, -0.15) is 0 Å². The fraction of sp³-hybridized carbons (Fsp3) is 0.571. The van der Waals surface area contributed by atoms with Gasteiger partial charge in [-0.3, -0.25) is 4.90 Å². The molecule has 1 N–H and O–H groups in total. The Hall–Kier alpha value is -1.13. The summed E-state index contributed by atoms with van der Waals surface area (Å²) in [6, 6.07) is 7.81. The number of nitrogens with zero attached hydrogens (tertiary/aromatic N) is 2. The molecule has 18 heavy (non-hydrogen) atoms. The number of piperazine rings is 1. The molecule has 3 nitrogen and oxygen atoms in total. The maximum atomic E-state index is 13.3. The van der Waals surface area contributed by atoms with Crippen LogP contribution in [0.15, 0.2) is 24.3 Å². The highest BCUT2D eigenvalue weighted by Crippen LogP contribution is 2.21. The lowest BCUT2D eigenvalue weighted by molar-refractivity contribution is 0.157. The minimum Gasteiger partial charge on any atom is -0.368 e. The van der Waals surface area contributed by atoms with E-state index >= 15 is 0 Å². The van der Waals surface area contributed by atoms with Crippen LogP contribution in [-0.4, -0.2) is 50.7 Å². The maximum Gasteiger partial charge on any atom is 0.125 e. The molecule has 0 bridgehead atoms. The van der Waals surface area contributed by atoms with E-state index in [4.69, 9.17) is 0 Å². The molecule has 1 saturated heterocycles. The van der Waals surface area contributed by atoms with Crippen LogP contribution in [-0.2, 0) is 0 Å². The molecule has 1 aromatic carbocycles. The number of hydrogen-bond donors (Lipinski definition) is 1. The van der Waals surface area contributed by atoms with Gasteiger partial charge in [0, 0.05) is 37.4 Å². The van der Waals surface area contributed by atoms with Gasteiger partial charge in [0.2, 0.25) is 0 Å². The predicted molar refractivity (Wildman–Crippen MR) is 73.6 cm³/mol. The van der Waals surface area contributed by atoms with Crippen LogP contribution in [0.3, 0.4) is 0 Å². The first-order valence-corrected chi connectivity index (χ1v) is 6.49. The molecular formula is C14H22FN3. The Morgan fingerprint density at radius 1 is 1.39 bits per heavy atom. The standard InChI is InChI=1S/C14H22FN3/c1-11-9-18(10-14(8-16-2)17(11)3)13-6-4-5-12(15)7-13/h4-7,11,14,16H,8-10H2,1-3H3. The summed E-state index contributed by atoms with van der Waals surface area (Å²) in [7, 11) is 4.13. The Labute approximate surface area is 109 Å². The van der Waals surface area contributed by atoms with Crippen LogP contribution in [0.2, 0.25) is 0 Å². The lowest BCUT2D eigenvalue weighted by Gasteiger charge is -2.44. The summed E-state index contributed by atoms with van der Waals surface area (Å²) in [6.45, 7) is 5.05. The van der Waals surface area contributed by atoms with E-state index in [1.807, 2.05) is 13.1 Å². The van der Waals surface area contributed by atoms with E-state index in [-0.39, 0.29) is 5.82 Å². The molecule has 4 heteroatoms. The molecule has 1 heterocycles. The van der Waals surface area contributed by atoms with E-state index in [0.29, 0.717) is 12.1 Å². The van der Waals surface area contributed by atoms with E-state index in [1.54, 1.807) is 12.1 Å². The van der Waals surface area contributed by atoms with Crippen LogP contribution in [0.25, 0.3) is 0 Å². The summed E-state index contributed by atoms with van der Waals surface area (Å²) in [4.78, 5) is 4.67. The highest BCUT2D eigenvalue weighted by atomic mass is 19.1. The lowest BCUT2D eigenvalue weighted by atomic mass is 10.1. The molecule has 0 saturated carbocycles. The zero-order valence-electron chi connectivity index (χ0n) is 11.4. The Kier molecular flexibility index (Phi) is 4.19. The number of hydrogen-bond acceptors (Lipinski definition) is 3. The highest BCUT2D eigenvalue weighted by molar-refractivity contribution is 5.47. The Bertz CT molecular complexity index is 396. The second kappa shape index (κ2) is 5.67. The van der Waals surface area contributed by atoms with Gasteiger partial charge < -0.3 is 10.2 Å². The fourth-order valence-corrected chi connectivity index (χ4v) is 2.59. The van der Waals surface area contributed by atoms with Crippen molar-refractivity contribution in [2.75, 3.05) is 38.6 Å². The molecule has 1 aliphatic heterocycles. The summed E-state index contributed by atoms with van der Waals surface area (Å²) >= 11 is 0. The first-order valence-electron chi connectivity index (χ1n) is 6.49. The molecule has 0 aromatic heterocycles. The predicted octanol–water partition coefficient (Wildman–Crippen LogP) is 1.55. The monoisotopic (exact) mass is 251 g/mol.